The largest absolute Gasteiger partial charge is 0.116 e. The molecular weight excluding hydrogens is 348 g/mol. The highest BCUT2D eigenvalue weighted by atomic mass is 14.1. The highest BCUT2D eigenvalue weighted by Crippen LogP contribution is 2.24. The maximum absolute atomic E-state index is 3.51. The van der Waals surface area contributed by atoms with Crippen molar-refractivity contribution in [3.05, 3.63) is 126 Å². The third kappa shape index (κ3) is 4.63. The van der Waals surface area contributed by atoms with Gasteiger partial charge in [0.15, 0.2) is 0 Å². The molecule has 0 saturated carbocycles. The summed E-state index contributed by atoms with van der Waals surface area (Å²) in [6.07, 6.45) is 3.03. The van der Waals surface area contributed by atoms with E-state index in [1.807, 2.05) is 12.1 Å². The van der Waals surface area contributed by atoms with E-state index in [-0.39, 0.29) is 0 Å². The van der Waals surface area contributed by atoms with Crippen molar-refractivity contribution in [1.29, 1.82) is 0 Å². The summed E-state index contributed by atoms with van der Waals surface area (Å²) in [4.78, 5) is 0. The Morgan fingerprint density at radius 1 is 0.586 bits per heavy atom. The fourth-order valence-corrected chi connectivity index (χ4v) is 3.46. The van der Waals surface area contributed by atoms with Crippen molar-refractivity contribution in [1.82, 2.24) is 0 Å². The normalized spacial score (nSPS) is 10.2. The summed E-state index contributed by atoms with van der Waals surface area (Å²) in [7, 11) is 0. The molecule has 0 aliphatic carbocycles. The highest BCUT2D eigenvalue weighted by Gasteiger charge is 2.01. The predicted octanol–water partition coefficient (Wildman–Crippen LogP) is 8.13. The first-order chi connectivity index (χ1) is 14.3. The Kier molecular flexibility index (Phi) is 5.86. The summed E-state index contributed by atoms with van der Waals surface area (Å²) in [6.45, 7) is 2.18. The van der Waals surface area contributed by atoms with Crippen LogP contribution in [-0.4, -0.2) is 0 Å². The molecule has 0 fully saturated rings. The maximum Gasteiger partial charge on any atom is 0.000952 e. The van der Waals surface area contributed by atoms with Crippen LogP contribution in [0.3, 0.4) is 0 Å². The molecule has 0 spiro atoms. The van der Waals surface area contributed by atoms with Crippen molar-refractivity contribution in [2.24, 2.45) is 0 Å². The summed E-state index contributed by atoms with van der Waals surface area (Å²) < 4.78 is 0. The van der Waals surface area contributed by atoms with Crippen LogP contribution >= 0.6 is 0 Å². The number of allylic oxidation sites excluding steroid dienone is 1. The number of rotatable bonds is 5. The average Bonchev–Trinajstić information content (AvgIpc) is 2.81. The van der Waals surface area contributed by atoms with Gasteiger partial charge >= 0.3 is 0 Å². The molecule has 0 aliphatic heterocycles. The van der Waals surface area contributed by atoms with Crippen molar-refractivity contribution in [2.75, 3.05) is 0 Å². The molecule has 0 bridgehead atoms. The molecule has 140 valence electrons. The summed E-state index contributed by atoms with van der Waals surface area (Å²) in [5, 5.41) is 0. The van der Waals surface area contributed by atoms with Gasteiger partial charge in [0.25, 0.3) is 0 Å². The van der Waals surface area contributed by atoms with Crippen molar-refractivity contribution in [3.63, 3.8) is 0 Å². The molecular formula is C29H24. The second kappa shape index (κ2) is 9.06. The molecule has 0 radical (unpaired) electrons. The first kappa shape index (κ1) is 18.7. The van der Waals surface area contributed by atoms with Crippen LogP contribution in [0.1, 0.15) is 24.5 Å². The molecule has 0 atom stereocenters. The van der Waals surface area contributed by atoms with Crippen LogP contribution in [0, 0.1) is 0 Å². The molecule has 0 unspecified atom stereocenters. The van der Waals surface area contributed by atoms with E-state index in [0.717, 1.165) is 12.0 Å². The van der Waals surface area contributed by atoms with Crippen molar-refractivity contribution in [2.45, 2.75) is 13.3 Å². The summed E-state index contributed by atoms with van der Waals surface area (Å²) >= 11 is 0. The van der Waals surface area contributed by atoms with Crippen LogP contribution in [0.4, 0.5) is 0 Å². The molecule has 0 heteroatoms. The zero-order valence-electron chi connectivity index (χ0n) is 16.7. The molecule has 0 nitrogen and oxygen atoms in total. The lowest BCUT2D eigenvalue weighted by molar-refractivity contribution is 1.24. The zero-order chi connectivity index (χ0) is 19.9. The Labute approximate surface area is 173 Å². The van der Waals surface area contributed by atoms with Crippen LogP contribution in [0.25, 0.3) is 33.9 Å². The first-order valence-electron chi connectivity index (χ1n) is 10.1. The lowest BCUT2D eigenvalue weighted by Crippen LogP contribution is -1.83. The molecule has 4 aromatic carbocycles. The summed E-state index contributed by atoms with van der Waals surface area (Å²) in [5.74, 6) is 0. The molecule has 0 N–H and O–H groups in total. The number of hydrogen-bond donors (Lipinski definition) is 0. The van der Waals surface area contributed by atoms with Crippen LogP contribution in [0.2, 0.25) is 0 Å². The van der Waals surface area contributed by atoms with E-state index in [9.17, 15) is 0 Å². The van der Waals surface area contributed by atoms with Crippen LogP contribution in [-0.2, 0) is 0 Å². The second-order valence-electron chi connectivity index (χ2n) is 7.05. The van der Waals surface area contributed by atoms with Gasteiger partial charge in [0.2, 0.25) is 0 Å². The van der Waals surface area contributed by atoms with Crippen molar-refractivity contribution < 1.29 is 0 Å². The fraction of sp³-hybridized carbons (Fsp3) is 0.0690. The summed E-state index contributed by atoms with van der Waals surface area (Å²) in [6, 6.07) is 38.4. The van der Waals surface area contributed by atoms with Gasteiger partial charge in [-0.3, -0.25) is 0 Å². The number of benzene rings is 4. The number of hydrogen-bond acceptors (Lipinski definition) is 0. The van der Waals surface area contributed by atoms with E-state index < -0.39 is 0 Å². The molecule has 0 aromatic heterocycles. The Hall–Kier alpha value is -3.60. The maximum atomic E-state index is 3.51. The SMILES string of the molecule is CCC(=C=Cc1ccc(-c2ccccc2)cc1)c1ccc(-c2ccccc2)cc1. The lowest BCUT2D eigenvalue weighted by atomic mass is 9.99. The van der Waals surface area contributed by atoms with Gasteiger partial charge in [0, 0.05) is 5.57 Å². The molecule has 0 aliphatic rings. The third-order valence-electron chi connectivity index (χ3n) is 5.12. The fourth-order valence-electron chi connectivity index (χ4n) is 3.46. The minimum absolute atomic E-state index is 0.948. The Morgan fingerprint density at radius 3 is 1.52 bits per heavy atom. The zero-order valence-corrected chi connectivity index (χ0v) is 16.7. The molecule has 0 heterocycles. The van der Waals surface area contributed by atoms with E-state index >= 15 is 0 Å². The Balaban J connectivity index is 1.56. The van der Waals surface area contributed by atoms with Gasteiger partial charge in [-0.25, -0.2) is 0 Å². The van der Waals surface area contributed by atoms with E-state index in [2.05, 4.69) is 116 Å². The van der Waals surface area contributed by atoms with Crippen molar-refractivity contribution >= 4 is 11.6 Å². The quantitative estimate of drug-likeness (QED) is 0.310. The molecule has 0 amide bonds. The van der Waals surface area contributed by atoms with Crippen LogP contribution in [0.5, 0.6) is 0 Å². The molecule has 4 rings (SSSR count). The van der Waals surface area contributed by atoms with Gasteiger partial charge in [0.1, 0.15) is 0 Å². The third-order valence-corrected chi connectivity index (χ3v) is 5.12. The minimum Gasteiger partial charge on any atom is -0.116 e. The topological polar surface area (TPSA) is 0 Å². The van der Waals surface area contributed by atoms with Crippen LogP contribution in [0.15, 0.2) is 115 Å². The van der Waals surface area contributed by atoms with E-state index in [4.69, 9.17) is 0 Å². The Morgan fingerprint density at radius 2 is 1.03 bits per heavy atom. The van der Waals surface area contributed by atoms with Gasteiger partial charge < -0.3 is 0 Å². The smallest absolute Gasteiger partial charge is 0.000952 e. The highest BCUT2D eigenvalue weighted by molar-refractivity contribution is 5.73. The van der Waals surface area contributed by atoms with Gasteiger partial charge in [-0.15, -0.1) is 5.73 Å². The van der Waals surface area contributed by atoms with E-state index in [0.29, 0.717) is 0 Å². The van der Waals surface area contributed by atoms with Gasteiger partial charge in [-0.1, -0.05) is 116 Å². The average molecular weight is 373 g/mol. The van der Waals surface area contributed by atoms with Crippen molar-refractivity contribution in [3.8, 4) is 22.3 Å². The first-order valence-corrected chi connectivity index (χ1v) is 10.1. The monoisotopic (exact) mass is 372 g/mol. The molecule has 0 saturated heterocycles. The van der Waals surface area contributed by atoms with Crippen LogP contribution < -0.4 is 0 Å². The minimum atomic E-state index is 0.948. The van der Waals surface area contributed by atoms with Gasteiger partial charge in [-0.2, -0.15) is 0 Å². The standard InChI is InChI=1S/C29H24/c1-2-24(27-19-21-29(22-20-27)26-11-7-4-8-12-26)16-13-23-14-17-28(18-15-23)25-9-5-3-6-10-25/h3-15,17-22H,2H2,1H3. The van der Waals surface area contributed by atoms with E-state index in [1.54, 1.807) is 0 Å². The predicted molar refractivity (Wildman–Crippen MR) is 125 cm³/mol. The summed E-state index contributed by atoms with van der Waals surface area (Å²) in [5.41, 5.74) is 12.1. The van der Waals surface area contributed by atoms with E-state index in [1.165, 1.54) is 33.4 Å². The van der Waals surface area contributed by atoms with Gasteiger partial charge in [0.05, 0.1) is 0 Å². The van der Waals surface area contributed by atoms with Gasteiger partial charge in [-0.05, 0) is 45.9 Å². The molecule has 4 aromatic rings. The Bertz CT molecular complexity index is 1110. The second-order valence-corrected chi connectivity index (χ2v) is 7.05. The molecule has 29 heavy (non-hydrogen) atoms. The lowest BCUT2D eigenvalue weighted by Gasteiger charge is -2.05.